The average molecular weight is 308 g/mol. The van der Waals surface area contributed by atoms with Crippen LogP contribution in [0.4, 0.5) is 4.79 Å². The molecule has 1 aliphatic rings. The Bertz CT molecular complexity index is 479. The van der Waals surface area contributed by atoms with Crippen molar-refractivity contribution in [3.05, 3.63) is 24.2 Å². The molecule has 1 aliphatic heterocycles. The van der Waals surface area contributed by atoms with E-state index in [1.807, 2.05) is 37.8 Å². The molecule has 22 heavy (non-hydrogen) atoms. The molecule has 0 bridgehead atoms. The van der Waals surface area contributed by atoms with Crippen LogP contribution in [-0.4, -0.2) is 47.7 Å². The van der Waals surface area contributed by atoms with Crippen molar-refractivity contribution >= 4 is 6.09 Å². The summed E-state index contributed by atoms with van der Waals surface area (Å²) in [5.41, 5.74) is -0.447. The molecule has 1 saturated heterocycles. The van der Waals surface area contributed by atoms with E-state index in [4.69, 9.17) is 9.15 Å². The second kappa shape index (κ2) is 6.73. The van der Waals surface area contributed by atoms with Gasteiger partial charge in [0.05, 0.1) is 12.3 Å². The van der Waals surface area contributed by atoms with E-state index in [0.29, 0.717) is 12.6 Å². The summed E-state index contributed by atoms with van der Waals surface area (Å²) in [6, 6.07) is 4.42. The number of nitrogens with zero attached hydrogens (tertiary/aromatic N) is 2. The minimum atomic E-state index is -0.447. The van der Waals surface area contributed by atoms with Gasteiger partial charge in [-0.2, -0.15) is 0 Å². The summed E-state index contributed by atoms with van der Waals surface area (Å²) in [6.07, 6.45) is 3.57. The summed E-state index contributed by atoms with van der Waals surface area (Å²) in [6.45, 7) is 9.31. The van der Waals surface area contributed by atoms with Crippen LogP contribution in [0.1, 0.15) is 52.3 Å². The number of carbonyl (C=O) groups excluding carboxylic acids is 1. The molecule has 5 heteroatoms. The standard InChI is InChI=1S/C17H28N2O3/c1-13(15-9-7-11-21-15)18(5)14-8-6-10-19(12-14)16(20)22-17(2,3)4/h7,9,11,13-14H,6,8,10,12H2,1-5H3/t13-,14-/m0/s1. The van der Waals surface area contributed by atoms with E-state index < -0.39 is 5.60 Å². The zero-order valence-corrected chi connectivity index (χ0v) is 14.3. The van der Waals surface area contributed by atoms with Crippen LogP contribution in [0, 0.1) is 0 Å². The molecule has 5 nitrogen and oxygen atoms in total. The van der Waals surface area contributed by atoms with E-state index >= 15 is 0 Å². The lowest BCUT2D eigenvalue weighted by Gasteiger charge is -2.40. The van der Waals surface area contributed by atoms with Gasteiger partial charge < -0.3 is 14.1 Å². The van der Waals surface area contributed by atoms with Crippen LogP contribution in [0.5, 0.6) is 0 Å². The highest BCUT2D eigenvalue weighted by atomic mass is 16.6. The molecule has 1 amide bonds. The minimum Gasteiger partial charge on any atom is -0.468 e. The van der Waals surface area contributed by atoms with Gasteiger partial charge in [0.15, 0.2) is 0 Å². The van der Waals surface area contributed by atoms with Gasteiger partial charge in [-0.05, 0) is 59.7 Å². The van der Waals surface area contributed by atoms with Crippen molar-refractivity contribution < 1.29 is 13.9 Å². The van der Waals surface area contributed by atoms with Crippen molar-refractivity contribution in [1.82, 2.24) is 9.80 Å². The van der Waals surface area contributed by atoms with Gasteiger partial charge in [0.1, 0.15) is 11.4 Å². The molecule has 2 atom stereocenters. The summed E-state index contributed by atoms with van der Waals surface area (Å²) in [4.78, 5) is 16.4. The first-order chi connectivity index (χ1) is 10.3. The topological polar surface area (TPSA) is 45.9 Å². The number of hydrogen-bond donors (Lipinski definition) is 0. The fourth-order valence-electron chi connectivity index (χ4n) is 2.83. The molecule has 1 fully saturated rings. The maximum absolute atomic E-state index is 12.2. The second-order valence-corrected chi connectivity index (χ2v) is 7.08. The molecule has 2 rings (SSSR count). The first-order valence-electron chi connectivity index (χ1n) is 8.01. The van der Waals surface area contributed by atoms with E-state index in [1.54, 1.807) is 6.26 Å². The summed E-state index contributed by atoms with van der Waals surface area (Å²) in [7, 11) is 2.09. The van der Waals surface area contributed by atoms with Gasteiger partial charge in [0.25, 0.3) is 0 Å². The smallest absolute Gasteiger partial charge is 0.410 e. The Morgan fingerprint density at radius 2 is 2.23 bits per heavy atom. The summed E-state index contributed by atoms with van der Waals surface area (Å²) >= 11 is 0. The van der Waals surface area contributed by atoms with Crippen molar-refractivity contribution in [2.45, 2.75) is 58.2 Å². The van der Waals surface area contributed by atoms with Crippen LogP contribution in [0.25, 0.3) is 0 Å². The van der Waals surface area contributed by atoms with Crippen LogP contribution in [-0.2, 0) is 4.74 Å². The first-order valence-corrected chi connectivity index (χ1v) is 8.01. The Morgan fingerprint density at radius 3 is 2.82 bits per heavy atom. The van der Waals surface area contributed by atoms with Gasteiger partial charge >= 0.3 is 6.09 Å². The molecule has 0 radical (unpaired) electrons. The molecule has 0 unspecified atom stereocenters. The number of hydrogen-bond acceptors (Lipinski definition) is 4. The van der Waals surface area contributed by atoms with Gasteiger partial charge in [-0.15, -0.1) is 0 Å². The maximum Gasteiger partial charge on any atom is 0.410 e. The molecule has 0 N–H and O–H groups in total. The third-order valence-corrected chi connectivity index (χ3v) is 4.19. The SMILES string of the molecule is C[C@@H](c1ccco1)N(C)[C@H]1CCCN(C(=O)OC(C)(C)C)C1. The van der Waals surface area contributed by atoms with Crippen molar-refractivity contribution in [2.24, 2.45) is 0 Å². The fraction of sp³-hybridized carbons (Fsp3) is 0.706. The number of piperidine rings is 1. The number of ether oxygens (including phenoxy) is 1. The molecule has 0 saturated carbocycles. The van der Waals surface area contributed by atoms with E-state index in [9.17, 15) is 4.79 Å². The predicted octanol–water partition coefficient (Wildman–Crippen LogP) is 3.67. The fourth-order valence-corrected chi connectivity index (χ4v) is 2.83. The monoisotopic (exact) mass is 308 g/mol. The highest BCUT2D eigenvalue weighted by Crippen LogP contribution is 2.26. The number of furan rings is 1. The van der Waals surface area contributed by atoms with Gasteiger partial charge in [-0.25, -0.2) is 4.79 Å². The Kier molecular flexibility index (Phi) is 5.16. The van der Waals surface area contributed by atoms with Gasteiger partial charge in [-0.1, -0.05) is 0 Å². The van der Waals surface area contributed by atoms with E-state index in [-0.39, 0.29) is 12.1 Å². The minimum absolute atomic E-state index is 0.193. The number of likely N-dealkylation sites (N-methyl/N-ethyl adjacent to an activating group) is 1. The maximum atomic E-state index is 12.2. The number of likely N-dealkylation sites (tertiary alicyclic amines) is 1. The highest BCUT2D eigenvalue weighted by Gasteiger charge is 2.31. The molecule has 0 spiro atoms. The number of rotatable bonds is 3. The molecule has 1 aromatic rings. The first kappa shape index (κ1) is 16.9. The zero-order valence-electron chi connectivity index (χ0n) is 14.3. The zero-order chi connectivity index (χ0) is 16.3. The molecular formula is C17H28N2O3. The molecule has 2 heterocycles. The average Bonchev–Trinajstić information content (AvgIpc) is 2.98. The number of carbonyl (C=O) groups is 1. The third kappa shape index (κ3) is 4.26. The molecule has 0 aliphatic carbocycles. The molecular weight excluding hydrogens is 280 g/mol. The second-order valence-electron chi connectivity index (χ2n) is 7.08. The third-order valence-electron chi connectivity index (χ3n) is 4.19. The van der Waals surface area contributed by atoms with Crippen LogP contribution in [0.15, 0.2) is 22.8 Å². The van der Waals surface area contributed by atoms with Crippen molar-refractivity contribution in [3.63, 3.8) is 0 Å². The predicted molar refractivity (Wildman–Crippen MR) is 85.7 cm³/mol. The van der Waals surface area contributed by atoms with Crippen LogP contribution in [0.3, 0.4) is 0 Å². The Balaban J connectivity index is 1.96. The summed E-state index contributed by atoms with van der Waals surface area (Å²) in [5, 5.41) is 0. The van der Waals surface area contributed by atoms with Crippen molar-refractivity contribution in [2.75, 3.05) is 20.1 Å². The van der Waals surface area contributed by atoms with Crippen molar-refractivity contribution in [3.8, 4) is 0 Å². The van der Waals surface area contributed by atoms with Gasteiger partial charge in [0.2, 0.25) is 0 Å². The van der Waals surface area contributed by atoms with Gasteiger partial charge in [0, 0.05) is 19.1 Å². The Morgan fingerprint density at radius 1 is 1.50 bits per heavy atom. The molecule has 1 aromatic heterocycles. The Labute approximate surface area is 133 Å². The van der Waals surface area contributed by atoms with Gasteiger partial charge in [-0.3, -0.25) is 4.90 Å². The largest absolute Gasteiger partial charge is 0.468 e. The number of amides is 1. The summed E-state index contributed by atoms with van der Waals surface area (Å²) < 4.78 is 11.0. The van der Waals surface area contributed by atoms with Crippen LogP contribution in [0.2, 0.25) is 0 Å². The highest BCUT2D eigenvalue weighted by molar-refractivity contribution is 5.68. The van der Waals surface area contributed by atoms with E-state index in [1.165, 1.54) is 0 Å². The van der Waals surface area contributed by atoms with Crippen molar-refractivity contribution in [1.29, 1.82) is 0 Å². The lowest BCUT2D eigenvalue weighted by molar-refractivity contribution is 0.00898. The quantitative estimate of drug-likeness (QED) is 0.854. The normalized spacial score (nSPS) is 21.0. The Hall–Kier alpha value is -1.49. The van der Waals surface area contributed by atoms with Crippen LogP contribution >= 0.6 is 0 Å². The molecule has 0 aromatic carbocycles. The lowest BCUT2D eigenvalue weighted by Crippen LogP contribution is -2.50. The summed E-state index contributed by atoms with van der Waals surface area (Å²) in [5.74, 6) is 0.955. The van der Waals surface area contributed by atoms with Crippen LogP contribution < -0.4 is 0 Å². The van der Waals surface area contributed by atoms with E-state index in [0.717, 1.165) is 25.1 Å². The molecule has 124 valence electrons. The lowest BCUT2D eigenvalue weighted by atomic mass is 10.0. The van der Waals surface area contributed by atoms with E-state index in [2.05, 4.69) is 18.9 Å².